The first-order valence-electron chi connectivity index (χ1n) is 8.59. The summed E-state index contributed by atoms with van der Waals surface area (Å²) in [5.41, 5.74) is 2.15. The number of nitrogens with one attached hydrogen (secondary N) is 2. The summed E-state index contributed by atoms with van der Waals surface area (Å²) < 4.78 is 16.3. The predicted octanol–water partition coefficient (Wildman–Crippen LogP) is 3.27. The van der Waals surface area contributed by atoms with Crippen molar-refractivity contribution in [3.05, 3.63) is 52.5 Å². The molecule has 2 aromatic rings. The normalized spacial score (nSPS) is 11.1. The first-order valence-corrected chi connectivity index (χ1v) is 8.97. The van der Waals surface area contributed by atoms with Gasteiger partial charge in [0.1, 0.15) is 0 Å². The average Bonchev–Trinajstić information content (AvgIpc) is 2.70. The van der Waals surface area contributed by atoms with Crippen molar-refractivity contribution in [1.29, 1.82) is 0 Å². The Hall–Kier alpha value is -2.60. The van der Waals surface area contributed by atoms with Gasteiger partial charge < -0.3 is 24.8 Å². The van der Waals surface area contributed by atoms with E-state index >= 15 is 0 Å². The minimum Gasteiger partial charge on any atom is -0.493 e. The Balaban J connectivity index is 1.93. The summed E-state index contributed by atoms with van der Waals surface area (Å²) >= 11 is 5.91. The van der Waals surface area contributed by atoms with Crippen LogP contribution in [0.1, 0.15) is 11.1 Å². The zero-order valence-electron chi connectivity index (χ0n) is 16.1. The van der Waals surface area contributed by atoms with Crippen molar-refractivity contribution in [1.82, 2.24) is 10.6 Å². The number of halogens is 1. The molecule has 0 saturated carbocycles. The van der Waals surface area contributed by atoms with Crippen molar-refractivity contribution in [2.45, 2.75) is 13.0 Å². The van der Waals surface area contributed by atoms with Gasteiger partial charge in [-0.15, -0.1) is 0 Å². The molecule has 0 bridgehead atoms. The van der Waals surface area contributed by atoms with Crippen molar-refractivity contribution in [2.75, 3.05) is 34.9 Å². The van der Waals surface area contributed by atoms with Crippen LogP contribution in [0.5, 0.6) is 17.2 Å². The minimum absolute atomic E-state index is 0.600. The van der Waals surface area contributed by atoms with E-state index in [2.05, 4.69) is 15.6 Å². The van der Waals surface area contributed by atoms with Crippen LogP contribution >= 0.6 is 11.6 Å². The lowest BCUT2D eigenvalue weighted by Crippen LogP contribution is -2.37. The van der Waals surface area contributed by atoms with Gasteiger partial charge >= 0.3 is 0 Å². The number of methoxy groups -OCH3 is 3. The molecular formula is C20H26ClN3O3. The summed E-state index contributed by atoms with van der Waals surface area (Å²) in [6, 6.07) is 11.6. The molecule has 0 atom stereocenters. The van der Waals surface area contributed by atoms with Gasteiger partial charge in [0.05, 0.1) is 21.3 Å². The number of rotatable bonds is 8. The van der Waals surface area contributed by atoms with Crippen LogP contribution in [-0.2, 0) is 13.0 Å². The number of benzene rings is 2. The maximum absolute atomic E-state index is 5.91. The lowest BCUT2D eigenvalue weighted by Gasteiger charge is -2.16. The van der Waals surface area contributed by atoms with Crippen molar-refractivity contribution in [3.63, 3.8) is 0 Å². The Morgan fingerprint density at radius 3 is 2.22 bits per heavy atom. The van der Waals surface area contributed by atoms with Gasteiger partial charge in [-0.05, 0) is 30.2 Å². The molecule has 27 heavy (non-hydrogen) atoms. The van der Waals surface area contributed by atoms with Gasteiger partial charge in [0, 0.05) is 30.7 Å². The zero-order valence-corrected chi connectivity index (χ0v) is 16.9. The molecule has 0 aliphatic heterocycles. The summed E-state index contributed by atoms with van der Waals surface area (Å²) in [6.07, 6.45) is 0.741. The molecule has 6 nitrogen and oxygen atoms in total. The molecule has 0 aliphatic rings. The molecule has 0 heterocycles. The molecule has 0 radical (unpaired) electrons. The Morgan fingerprint density at radius 1 is 0.926 bits per heavy atom. The van der Waals surface area contributed by atoms with E-state index < -0.39 is 0 Å². The summed E-state index contributed by atoms with van der Waals surface area (Å²) in [7, 11) is 6.58. The molecule has 2 N–H and O–H groups in total. The Labute approximate surface area is 165 Å². The monoisotopic (exact) mass is 391 g/mol. The molecule has 2 rings (SSSR count). The highest BCUT2D eigenvalue weighted by atomic mass is 35.5. The first-order chi connectivity index (χ1) is 13.1. The van der Waals surface area contributed by atoms with E-state index in [1.54, 1.807) is 28.4 Å². The van der Waals surface area contributed by atoms with Gasteiger partial charge in [-0.25, -0.2) is 0 Å². The van der Waals surface area contributed by atoms with Crippen LogP contribution < -0.4 is 24.8 Å². The molecule has 146 valence electrons. The van der Waals surface area contributed by atoms with E-state index in [1.165, 1.54) is 0 Å². The first kappa shape index (κ1) is 20.7. The highest BCUT2D eigenvalue weighted by molar-refractivity contribution is 6.30. The average molecular weight is 392 g/mol. The molecule has 0 amide bonds. The third-order valence-electron chi connectivity index (χ3n) is 4.07. The Morgan fingerprint density at radius 2 is 1.63 bits per heavy atom. The van der Waals surface area contributed by atoms with Crippen LogP contribution in [0.2, 0.25) is 5.02 Å². The predicted molar refractivity (Wildman–Crippen MR) is 109 cm³/mol. The molecule has 0 aliphatic carbocycles. The number of hydrogen-bond acceptors (Lipinski definition) is 4. The van der Waals surface area contributed by atoms with Crippen LogP contribution in [0, 0.1) is 0 Å². The van der Waals surface area contributed by atoms with Crippen LogP contribution in [0.4, 0.5) is 0 Å². The molecule has 2 aromatic carbocycles. The van der Waals surface area contributed by atoms with Crippen LogP contribution in [-0.4, -0.2) is 40.9 Å². The quantitative estimate of drug-likeness (QED) is 0.534. The van der Waals surface area contributed by atoms with E-state index in [0.717, 1.165) is 28.5 Å². The van der Waals surface area contributed by atoms with E-state index in [0.29, 0.717) is 30.3 Å². The SMILES string of the molecule is CN=C(NCCc1ccc(OC)c(OC)c1OC)NCc1ccc(Cl)cc1. The van der Waals surface area contributed by atoms with Crippen LogP contribution in [0.15, 0.2) is 41.4 Å². The molecule has 0 aromatic heterocycles. The van der Waals surface area contributed by atoms with Gasteiger partial charge in [-0.3, -0.25) is 4.99 Å². The van der Waals surface area contributed by atoms with E-state index in [4.69, 9.17) is 25.8 Å². The number of aliphatic imine (C=N–C) groups is 1. The molecule has 0 unspecified atom stereocenters. The van der Waals surface area contributed by atoms with Gasteiger partial charge in [-0.1, -0.05) is 29.8 Å². The molecule has 0 saturated heterocycles. The van der Waals surface area contributed by atoms with E-state index in [1.807, 2.05) is 36.4 Å². The number of hydrogen-bond donors (Lipinski definition) is 2. The maximum Gasteiger partial charge on any atom is 0.203 e. The third kappa shape index (κ3) is 5.69. The van der Waals surface area contributed by atoms with Crippen molar-refractivity contribution < 1.29 is 14.2 Å². The van der Waals surface area contributed by atoms with Crippen LogP contribution in [0.3, 0.4) is 0 Å². The molecular weight excluding hydrogens is 366 g/mol. The third-order valence-corrected chi connectivity index (χ3v) is 4.32. The van der Waals surface area contributed by atoms with E-state index in [-0.39, 0.29) is 0 Å². The second-order valence-electron chi connectivity index (χ2n) is 5.72. The van der Waals surface area contributed by atoms with Gasteiger partial charge in [0.25, 0.3) is 0 Å². The Bertz CT molecular complexity index is 764. The van der Waals surface area contributed by atoms with Gasteiger partial charge in [0.2, 0.25) is 5.75 Å². The highest BCUT2D eigenvalue weighted by Gasteiger charge is 2.15. The lowest BCUT2D eigenvalue weighted by atomic mass is 10.1. The summed E-state index contributed by atoms with van der Waals surface area (Å²) in [6.45, 7) is 1.35. The fourth-order valence-electron chi connectivity index (χ4n) is 2.68. The molecule has 7 heteroatoms. The molecule has 0 spiro atoms. The van der Waals surface area contributed by atoms with Crippen molar-refractivity contribution in [2.24, 2.45) is 4.99 Å². The number of nitrogens with zero attached hydrogens (tertiary/aromatic N) is 1. The highest BCUT2D eigenvalue weighted by Crippen LogP contribution is 2.39. The number of guanidine groups is 1. The van der Waals surface area contributed by atoms with Crippen molar-refractivity contribution >= 4 is 17.6 Å². The second kappa shape index (κ2) is 10.5. The second-order valence-corrected chi connectivity index (χ2v) is 6.16. The Kier molecular flexibility index (Phi) is 8.07. The topological polar surface area (TPSA) is 64.1 Å². The maximum atomic E-state index is 5.91. The fraction of sp³-hybridized carbons (Fsp3) is 0.350. The zero-order chi connectivity index (χ0) is 19.6. The summed E-state index contributed by atoms with van der Waals surface area (Å²) in [4.78, 5) is 4.25. The fourth-order valence-corrected chi connectivity index (χ4v) is 2.81. The lowest BCUT2D eigenvalue weighted by molar-refractivity contribution is 0.322. The smallest absolute Gasteiger partial charge is 0.203 e. The summed E-state index contributed by atoms with van der Waals surface area (Å²) in [5.74, 6) is 2.65. The van der Waals surface area contributed by atoms with Crippen molar-refractivity contribution in [3.8, 4) is 17.2 Å². The standard InChI is InChI=1S/C20H26ClN3O3/c1-22-20(24-13-14-5-8-16(21)9-6-14)23-12-11-15-7-10-17(25-2)19(27-4)18(15)26-3/h5-10H,11-13H2,1-4H3,(H2,22,23,24). The summed E-state index contributed by atoms with van der Waals surface area (Å²) in [5, 5.41) is 7.31. The van der Waals surface area contributed by atoms with E-state index in [9.17, 15) is 0 Å². The van der Waals surface area contributed by atoms with Gasteiger partial charge in [0.15, 0.2) is 17.5 Å². The van der Waals surface area contributed by atoms with Gasteiger partial charge in [-0.2, -0.15) is 0 Å². The number of ether oxygens (including phenoxy) is 3. The molecule has 0 fully saturated rings. The minimum atomic E-state index is 0.600. The largest absolute Gasteiger partial charge is 0.493 e. The van der Waals surface area contributed by atoms with Crippen LogP contribution in [0.25, 0.3) is 0 Å².